The first kappa shape index (κ1) is 20.6. The summed E-state index contributed by atoms with van der Waals surface area (Å²) in [6.45, 7) is 8.44. The van der Waals surface area contributed by atoms with Gasteiger partial charge in [-0.15, -0.1) is 24.8 Å². The summed E-state index contributed by atoms with van der Waals surface area (Å²) >= 11 is 0. The molecule has 1 aromatic rings. The molecule has 0 aromatic carbocycles. The number of hydrogen-bond donors (Lipinski definition) is 2. The van der Waals surface area contributed by atoms with E-state index in [1.54, 1.807) is 0 Å². The fourth-order valence-electron chi connectivity index (χ4n) is 1.95. The van der Waals surface area contributed by atoms with Crippen LogP contribution in [-0.4, -0.2) is 42.7 Å². The van der Waals surface area contributed by atoms with E-state index < -0.39 is 0 Å². The normalized spacial score (nSPS) is 13.9. The smallest absolute Gasteiger partial charge is 0.152 e. The number of nitrogens with zero attached hydrogens (tertiary/aromatic N) is 2. The van der Waals surface area contributed by atoms with Crippen molar-refractivity contribution in [1.29, 1.82) is 0 Å². The van der Waals surface area contributed by atoms with Gasteiger partial charge in [-0.2, -0.15) is 0 Å². The van der Waals surface area contributed by atoms with Gasteiger partial charge in [-0.05, 0) is 26.0 Å². The summed E-state index contributed by atoms with van der Waals surface area (Å²) in [4.78, 5) is 6.83. The summed E-state index contributed by atoms with van der Waals surface area (Å²) in [6.07, 6.45) is 1.86. The molecule has 5 nitrogen and oxygen atoms in total. The maximum Gasteiger partial charge on any atom is 0.152 e. The van der Waals surface area contributed by atoms with Crippen LogP contribution in [0.15, 0.2) is 18.3 Å². The molecule has 4 N–H and O–H groups in total. The van der Waals surface area contributed by atoms with Crippen molar-refractivity contribution in [3.63, 3.8) is 0 Å². The molecule has 0 unspecified atom stereocenters. The number of nitrogens with one attached hydrogen (secondary N) is 2. The Labute approximate surface area is 127 Å². The monoisotopic (exact) mass is 310 g/mol. The van der Waals surface area contributed by atoms with Gasteiger partial charge in [0.25, 0.3) is 0 Å². The van der Waals surface area contributed by atoms with E-state index in [1.165, 1.54) is 0 Å². The highest BCUT2D eigenvalue weighted by molar-refractivity contribution is 5.85. The third-order valence-electron chi connectivity index (χ3n) is 2.65. The minimum Gasteiger partial charge on any atom is -0.412 e. The topological polar surface area (TPSA) is 71.7 Å². The average Bonchev–Trinajstić information content (AvgIpc) is 2.30. The van der Waals surface area contributed by atoms with Gasteiger partial charge in [0.2, 0.25) is 0 Å². The highest BCUT2D eigenvalue weighted by Gasteiger charge is 2.15. The first-order valence-electron chi connectivity index (χ1n) is 5.94. The van der Waals surface area contributed by atoms with Crippen LogP contribution in [-0.2, 0) is 0 Å². The lowest BCUT2D eigenvalue weighted by atomic mass is 10.3. The van der Waals surface area contributed by atoms with Crippen LogP contribution in [0.3, 0.4) is 0 Å². The number of halogens is 2. The van der Waals surface area contributed by atoms with Gasteiger partial charge in [-0.1, -0.05) is 0 Å². The predicted molar refractivity (Wildman–Crippen MR) is 86.2 cm³/mol. The Morgan fingerprint density at radius 3 is 2.47 bits per heavy atom. The largest absolute Gasteiger partial charge is 0.412 e. The SMILES string of the molecule is CC(C)Nc1cccnc1N1CCNCC1.Cl.Cl.O. The van der Waals surface area contributed by atoms with Crippen molar-refractivity contribution in [2.75, 3.05) is 36.4 Å². The van der Waals surface area contributed by atoms with Crippen LogP contribution in [0.25, 0.3) is 0 Å². The Morgan fingerprint density at radius 2 is 1.89 bits per heavy atom. The highest BCUT2D eigenvalue weighted by atomic mass is 35.5. The van der Waals surface area contributed by atoms with E-state index in [9.17, 15) is 0 Å². The Kier molecular flexibility index (Phi) is 10.9. The Bertz CT molecular complexity index is 346. The predicted octanol–water partition coefficient (Wildman–Crippen LogP) is 1.33. The van der Waals surface area contributed by atoms with Crippen LogP contribution < -0.4 is 15.5 Å². The summed E-state index contributed by atoms with van der Waals surface area (Å²) < 4.78 is 0. The first-order chi connectivity index (χ1) is 7.77. The fraction of sp³-hybridized carbons (Fsp3) is 0.583. The molecule has 7 heteroatoms. The van der Waals surface area contributed by atoms with E-state index in [-0.39, 0.29) is 30.3 Å². The van der Waals surface area contributed by atoms with Crippen LogP contribution >= 0.6 is 24.8 Å². The lowest BCUT2D eigenvalue weighted by molar-refractivity contribution is 0.585. The maximum absolute atomic E-state index is 4.49. The number of pyridine rings is 1. The molecular formula is C12H24Cl2N4O. The molecular weight excluding hydrogens is 287 g/mol. The zero-order chi connectivity index (χ0) is 11.4. The third kappa shape index (κ3) is 5.82. The molecule has 0 saturated carbocycles. The molecule has 112 valence electrons. The number of hydrogen-bond acceptors (Lipinski definition) is 4. The Morgan fingerprint density at radius 1 is 1.26 bits per heavy atom. The maximum atomic E-state index is 4.49. The van der Waals surface area contributed by atoms with Crippen molar-refractivity contribution in [3.05, 3.63) is 18.3 Å². The van der Waals surface area contributed by atoms with Gasteiger partial charge in [0.05, 0.1) is 5.69 Å². The zero-order valence-electron chi connectivity index (χ0n) is 11.3. The quantitative estimate of drug-likeness (QED) is 0.883. The minimum absolute atomic E-state index is 0. The van der Waals surface area contributed by atoms with E-state index in [1.807, 2.05) is 12.3 Å². The number of rotatable bonds is 3. The molecule has 1 fully saturated rings. The van der Waals surface area contributed by atoms with Gasteiger partial charge in [0.15, 0.2) is 5.82 Å². The number of anilines is 2. The standard InChI is InChI=1S/C12H20N4.2ClH.H2O/c1-10(2)15-11-4-3-5-14-12(11)16-8-6-13-7-9-16;;;/h3-5,10,13,15H,6-9H2,1-2H3;2*1H;1H2. The molecule has 0 bridgehead atoms. The van der Waals surface area contributed by atoms with Crippen LogP contribution in [0.4, 0.5) is 11.5 Å². The molecule has 0 radical (unpaired) electrons. The molecule has 19 heavy (non-hydrogen) atoms. The van der Waals surface area contributed by atoms with E-state index in [0.29, 0.717) is 6.04 Å². The molecule has 1 aliphatic rings. The summed E-state index contributed by atoms with van der Waals surface area (Å²) in [7, 11) is 0. The van der Waals surface area contributed by atoms with E-state index >= 15 is 0 Å². The number of aromatic nitrogens is 1. The minimum atomic E-state index is 0. The molecule has 1 aliphatic heterocycles. The van der Waals surface area contributed by atoms with E-state index in [0.717, 1.165) is 37.7 Å². The first-order valence-corrected chi connectivity index (χ1v) is 5.94. The lowest BCUT2D eigenvalue weighted by Gasteiger charge is -2.30. The summed E-state index contributed by atoms with van der Waals surface area (Å²) in [5, 5.41) is 6.80. The van der Waals surface area contributed by atoms with Crippen LogP contribution in [0.5, 0.6) is 0 Å². The van der Waals surface area contributed by atoms with Gasteiger partial charge in [-0.25, -0.2) is 4.98 Å². The van der Waals surface area contributed by atoms with Crippen LogP contribution in [0.2, 0.25) is 0 Å². The molecule has 0 aliphatic carbocycles. The second-order valence-electron chi connectivity index (χ2n) is 4.41. The summed E-state index contributed by atoms with van der Waals surface area (Å²) in [5.41, 5.74) is 1.14. The van der Waals surface area contributed by atoms with Gasteiger partial charge >= 0.3 is 0 Å². The van der Waals surface area contributed by atoms with Crippen molar-refractivity contribution in [1.82, 2.24) is 10.3 Å². The molecule has 1 aromatic heterocycles. The second-order valence-corrected chi connectivity index (χ2v) is 4.41. The van der Waals surface area contributed by atoms with Gasteiger partial charge < -0.3 is 21.0 Å². The summed E-state index contributed by atoms with van der Waals surface area (Å²) in [5.74, 6) is 1.08. The number of piperazine rings is 1. The fourth-order valence-corrected chi connectivity index (χ4v) is 1.95. The van der Waals surface area contributed by atoms with E-state index in [2.05, 4.69) is 40.4 Å². The van der Waals surface area contributed by atoms with Gasteiger partial charge in [0.1, 0.15) is 0 Å². The highest BCUT2D eigenvalue weighted by Crippen LogP contribution is 2.23. The Balaban J connectivity index is 0. The van der Waals surface area contributed by atoms with Crippen LogP contribution in [0.1, 0.15) is 13.8 Å². The third-order valence-corrected chi connectivity index (χ3v) is 2.65. The second kappa shape index (κ2) is 10.1. The lowest BCUT2D eigenvalue weighted by Crippen LogP contribution is -2.44. The molecule has 0 amide bonds. The Hall–Kier alpha value is -0.750. The zero-order valence-corrected chi connectivity index (χ0v) is 13.0. The average molecular weight is 311 g/mol. The molecule has 0 spiro atoms. The van der Waals surface area contributed by atoms with Crippen molar-refractivity contribution in [2.24, 2.45) is 0 Å². The molecule has 2 rings (SSSR count). The molecule has 0 atom stereocenters. The summed E-state index contributed by atoms with van der Waals surface area (Å²) in [6, 6.07) is 4.52. The van der Waals surface area contributed by atoms with E-state index in [4.69, 9.17) is 0 Å². The van der Waals surface area contributed by atoms with Crippen LogP contribution in [0, 0.1) is 0 Å². The molecule has 2 heterocycles. The van der Waals surface area contributed by atoms with Gasteiger partial charge in [-0.3, -0.25) is 0 Å². The molecule has 1 saturated heterocycles. The van der Waals surface area contributed by atoms with Gasteiger partial charge in [0, 0.05) is 38.4 Å². The van der Waals surface area contributed by atoms with Crippen molar-refractivity contribution in [2.45, 2.75) is 19.9 Å². The van der Waals surface area contributed by atoms with Crippen molar-refractivity contribution in [3.8, 4) is 0 Å². The van der Waals surface area contributed by atoms with Crippen molar-refractivity contribution < 1.29 is 5.48 Å². The van der Waals surface area contributed by atoms with Crippen molar-refractivity contribution >= 4 is 36.3 Å².